The SMILES string of the molecule is CCCCCCCCOc1ccccc1C(=O)Nc1ccc(C(=O)O)cc1. The summed E-state index contributed by atoms with van der Waals surface area (Å²) in [6, 6.07) is 13.2. The summed E-state index contributed by atoms with van der Waals surface area (Å²) in [5, 5.41) is 11.7. The van der Waals surface area contributed by atoms with Crippen molar-refractivity contribution in [2.24, 2.45) is 0 Å². The number of carboxylic acid groups (broad SMARTS) is 1. The smallest absolute Gasteiger partial charge is 0.335 e. The third kappa shape index (κ3) is 6.77. The fourth-order valence-electron chi connectivity index (χ4n) is 2.74. The van der Waals surface area contributed by atoms with Gasteiger partial charge in [-0.05, 0) is 42.8 Å². The molecule has 0 unspecified atom stereocenters. The predicted octanol–water partition coefficient (Wildman–Crippen LogP) is 5.38. The van der Waals surface area contributed by atoms with Crippen molar-refractivity contribution in [2.45, 2.75) is 45.4 Å². The van der Waals surface area contributed by atoms with Gasteiger partial charge in [-0.3, -0.25) is 4.79 Å². The molecule has 2 aromatic carbocycles. The Balaban J connectivity index is 1.89. The van der Waals surface area contributed by atoms with Crippen LogP contribution in [0.15, 0.2) is 48.5 Å². The van der Waals surface area contributed by atoms with Gasteiger partial charge < -0.3 is 15.2 Å². The number of aromatic carboxylic acids is 1. The van der Waals surface area contributed by atoms with E-state index in [9.17, 15) is 9.59 Å². The highest BCUT2D eigenvalue weighted by molar-refractivity contribution is 6.06. The van der Waals surface area contributed by atoms with E-state index in [4.69, 9.17) is 9.84 Å². The van der Waals surface area contributed by atoms with Crippen LogP contribution in [0, 0.1) is 0 Å². The van der Waals surface area contributed by atoms with E-state index in [1.54, 1.807) is 30.3 Å². The molecule has 0 aliphatic carbocycles. The lowest BCUT2D eigenvalue weighted by Crippen LogP contribution is -2.14. The van der Waals surface area contributed by atoms with Crippen LogP contribution >= 0.6 is 0 Å². The molecule has 2 aromatic rings. The minimum absolute atomic E-state index is 0.177. The van der Waals surface area contributed by atoms with E-state index in [-0.39, 0.29) is 11.5 Å². The highest BCUT2D eigenvalue weighted by atomic mass is 16.5. The number of unbranched alkanes of at least 4 members (excludes halogenated alkanes) is 5. The highest BCUT2D eigenvalue weighted by Crippen LogP contribution is 2.20. The Hall–Kier alpha value is -2.82. The number of rotatable bonds is 11. The molecule has 144 valence electrons. The lowest BCUT2D eigenvalue weighted by molar-refractivity contribution is 0.0696. The maximum absolute atomic E-state index is 12.6. The van der Waals surface area contributed by atoms with Crippen LogP contribution in [0.4, 0.5) is 5.69 Å². The summed E-state index contributed by atoms with van der Waals surface area (Å²) >= 11 is 0. The second-order valence-corrected chi connectivity index (χ2v) is 6.45. The molecule has 0 radical (unpaired) electrons. The summed E-state index contributed by atoms with van der Waals surface area (Å²) in [7, 11) is 0. The number of benzene rings is 2. The number of para-hydroxylation sites is 1. The van der Waals surface area contributed by atoms with Gasteiger partial charge in [0.1, 0.15) is 5.75 Å². The topological polar surface area (TPSA) is 75.6 Å². The summed E-state index contributed by atoms with van der Waals surface area (Å²) < 4.78 is 5.81. The minimum atomic E-state index is -0.999. The van der Waals surface area contributed by atoms with Gasteiger partial charge in [0.25, 0.3) is 5.91 Å². The molecule has 2 rings (SSSR count). The molecule has 2 N–H and O–H groups in total. The van der Waals surface area contributed by atoms with E-state index >= 15 is 0 Å². The zero-order chi connectivity index (χ0) is 19.5. The summed E-state index contributed by atoms with van der Waals surface area (Å²) in [6.45, 7) is 2.79. The van der Waals surface area contributed by atoms with Gasteiger partial charge >= 0.3 is 5.97 Å². The maximum Gasteiger partial charge on any atom is 0.335 e. The Morgan fingerprint density at radius 2 is 1.59 bits per heavy atom. The molecule has 0 fully saturated rings. The molecule has 0 saturated carbocycles. The van der Waals surface area contributed by atoms with E-state index in [1.807, 2.05) is 6.07 Å². The second-order valence-electron chi connectivity index (χ2n) is 6.45. The molecule has 0 heterocycles. The van der Waals surface area contributed by atoms with Gasteiger partial charge in [0, 0.05) is 5.69 Å². The third-order valence-electron chi connectivity index (χ3n) is 4.28. The van der Waals surface area contributed by atoms with Gasteiger partial charge in [0.15, 0.2) is 0 Å². The molecular formula is C22H27NO4. The van der Waals surface area contributed by atoms with Crippen LogP contribution in [0.5, 0.6) is 5.75 Å². The molecule has 0 aliphatic heterocycles. The van der Waals surface area contributed by atoms with E-state index < -0.39 is 5.97 Å². The molecule has 5 heteroatoms. The fourth-order valence-corrected chi connectivity index (χ4v) is 2.74. The van der Waals surface area contributed by atoms with Crippen molar-refractivity contribution in [1.82, 2.24) is 0 Å². The summed E-state index contributed by atoms with van der Waals surface area (Å²) in [5.74, 6) is -0.719. The Kier molecular flexibility index (Phi) is 8.36. The summed E-state index contributed by atoms with van der Waals surface area (Å²) in [6.07, 6.45) is 7.08. The van der Waals surface area contributed by atoms with Crippen molar-refractivity contribution >= 4 is 17.6 Å². The van der Waals surface area contributed by atoms with E-state index in [0.717, 1.165) is 12.8 Å². The van der Waals surface area contributed by atoms with Crippen LogP contribution in [0.2, 0.25) is 0 Å². The summed E-state index contributed by atoms with van der Waals surface area (Å²) in [4.78, 5) is 23.4. The van der Waals surface area contributed by atoms with E-state index in [0.29, 0.717) is 23.6 Å². The van der Waals surface area contributed by atoms with Crippen LogP contribution in [-0.2, 0) is 0 Å². The van der Waals surface area contributed by atoms with Gasteiger partial charge in [-0.1, -0.05) is 51.2 Å². The van der Waals surface area contributed by atoms with Gasteiger partial charge in [0.2, 0.25) is 0 Å². The molecule has 0 saturated heterocycles. The van der Waals surface area contributed by atoms with Crippen molar-refractivity contribution in [3.05, 3.63) is 59.7 Å². The standard InChI is InChI=1S/C22H27NO4/c1-2-3-4-5-6-9-16-27-20-11-8-7-10-19(20)21(24)23-18-14-12-17(13-15-18)22(25)26/h7-8,10-15H,2-6,9,16H2,1H3,(H,23,24)(H,25,26). The summed E-state index contributed by atoms with van der Waals surface area (Å²) in [5.41, 5.74) is 1.18. The van der Waals surface area contributed by atoms with E-state index in [2.05, 4.69) is 12.2 Å². The number of carboxylic acids is 1. The zero-order valence-electron chi connectivity index (χ0n) is 15.7. The van der Waals surface area contributed by atoms with Crippen LogP contribution in [-0.4, -0.2) is 23.6 Å². The van der Waals surface area contributed by atoms with Crippen molar-refractivity contribution < 1.29 is 19.4 Å². The van der Waals surface area contributed by atoms with Crippen molar-refractivity contribution in [2.75, 3.05) is 11.9 Å². The zero-order valence-corrected chi connectivity index (χ0v) is 15.7. The van der Waals surface area contributed by atoms with Crippen LogP contribution in [0.1, 0.15) is 66.2 Å². The molecule has 0 aromatic heterocycles. The lowest BCUT2D eigenvalue weighted by atomic mass is 10.1. The molecule has 0 spiro atoms. The third-order valence-corrected chi connectivity index (χ3v) is 4.28. The highest BCUT2D eigenvalue weighted by Gasteiger charge is 2.12. The molecule has 0 atom stereocenters. The van der Waals surface area contributed by atoms with Crippen molar-refractivity contribution in [3.63, 3.8) is 0 Å². The first kappa shape index (κ1) is 20.5. The number of carbonyl (C=O) groups excluding carboxylic acids is 1. The van der Waals surface area contributed by atoms with Gasteiger partial charge in [0.05, 0.1) is 17.7 Å². The molecular weight excluding hydrogens is 342 g/mol. The first-order valence-corrected chi connectivity index (χ1v) is 9.48. The molecule has 27 heavy (non-hydrogen) atoms. The Morgan fingerprint density at radius 3 is 2.30 bits per heavy atom. The average molecular weight is 369 g/mol. The maximum atomic E-state index is 12.6. The number of anilines is 1. The quantitative estimate of drug-likeness (QED) is 0.522. The van der Waals surface area contributed by atoms with Gasteiger partial charge in [-0.25, -0.2) is 4.79 Å². The average Bonchev–Trinajstić information content (AvgIpc) is 2.68. The number of hydrogen-bond acceptors (Lipinski definition) is 3. The largest absolute Gasteiger partial charge is 0.493 e. The lowest BCUT2D eigenvalue weighted by Gasteiger charge is -2.12. The van der Waals surface area contributed by atoms with Gasteiger partial charge in [-0.2, -0.15) is 0 Å². The molecule has 0 aliphatic rings. The number of nitrogens with one attached hydrogen (secondary N) is 1. The first-order chi connectivity index (χ1) is 13.1. The Morgan fingerprint density at radius 1 is 0.926 bits per heavy atom. The van der Waals surface area contributed by atoms with Crippen LogP contribution < -0.4 is 10.1 Å². The monoisotopic (exact) mass is 369 g/mol. The van der Waals surface area contributed by atoms with Gasteiger partial charge in [-0.15, -0.1) is 0 Å². The fraction of sp³-hybridized carbons (Fsp3) is 0.364. The van der Waals surface area contributed by atoms with Crippen molar-refractivity contribution in [1.29, 1.82) is 0 Å². The van der Waals surface area contributed by atoms with E-state index in [1.165, 1.54) is 37.8 Å². The molecule has 5 nitrogen and oxygen atoms in total. The minimum Gasteiger partial charge on any atom is -0.493 e. The molecule has 0 bridgehead atoms. The normalized spacial score (nSPS) is 10.4. The van der Waals surface area contributed by atoms with Crippen molar-refractivity contribution in [3.8, 4) is 5.75 Å². The number of carbonyl (C=O) groups is 2. The number of hydrogen-bond donors (Lipinski definition) is 2. The number of amides is 1. The molecule has 1 amide bonds. The number of ether oxygens (including phenoxy) is 1. The van der Waals surface area contributed by atoms with Crippen LogP contribution in [0.3, 0.4) is 0 Å². The Labute approximate surface area is 160 Å². The Bertz CT molecular complexity index is 740. The predicted molar refractivity (Wildman–Crippen MR) is 107 cm³/mol. The van der Waals surface area contributed by atoms with Crippen LogP contribution in [0.25, 0.3) is 0 Å². The first-order valence-electron chi connectivity index (χ1n) is 9.48. The second kappa shape index (κ2) is 11.0.